The van der Waals surface area contributed by atoms with Crippen molar-refractivity contribution < 1.29 is 37.8 Å². The highest BCUT2D eigenvalue weighted by Gasteiger charge is 2.24. The Hall–Kier alpha value is -3.18. The Balaban J connectivity index is 1.97. The maximum absolute atomic E-state index is 11.7. The quantitative estimate of drug-likeness (QED) is 0.0948. The average molecular weight is 593 g/mol. The zero-order chi connectivity index (χ0) is 28.4. The number of isothiocyanates is 1. The maximum Gasteiger partial charge on any atom is 0.524 e. The van der Waals surface area contributed by atoms with Gasteiger partial charge in [-0.3, -0.25) is 19.6 Å². The number of phosphoric ester groups is 2. The molecule has 0 bridgehead atoms. The van der Waals surface area contributed by atoms with Gasteiger partial charge in [-0.1, -0.05) is 19.4 Å². The van der Waals surface area contributed by atoms with Crippen LogP contribution in [0.15, 0.2) is 41.4 Å². The molecule has 2 aromatic heterocycles. The summed E-state index contributed by atoms with van der Waals surface area (Å²) in [7, 11) is -9.89. The summed E-state index contributed by atoms with van der Waals surface area (Å²) in [4.78, 5) is 50.7. The number of nitrogens with two attached hydrogens (primary N) is 1. The minimum absolute atomic E-state index is 0.0515. The van der Waals surface area contributed by atoms with E-state index in [1.165, 1.54) is 12.1 Å². The van der Waals surface area contributed by atoms with Gasteiger partial charge in [0, 0.05) is 17.4 Å². The summed E-state index contributed by atoms with van der Waals surface area (Å²) in [5, 5.41) is 3.04. The number of nitrogens with zero attached hydrogens (tertiary/aromatic N) is 4. The second-order valence-corrected chi connectivity index (χ2v) is 11.1. The Morgan fingerprint density at radius 1 is 1.08 bits per heavy atom. The molecular formula is C23H25N5O8P2S. The number of nitrogen functional groups attached to an aromatic ring is 1. The highest BCUT2D eigenvalue weighted by Crippen LogP contribution is 2.43. The normalized spacial score (nSPS) is 12.0. The number of pyridine rings is 1. The number of fused-ring (bicyclic) bond motifs is 3. The number of hydrogen-bond donors (Lipinski definition) is 5. The molecule has 0 saturated carbocycles. The molecule has 13 nitrogen and oxygen atoms in total. The molecule has 0 spiro atoms. The Labute approximate surface area is 227 Å². The van der Waals surface area contributed by atoms with Crippen molar-refractivity contribution in [1.29, 1.82) is 0 Å². The highest BCUT2D eigenvalue weighted by atomic mass is 32.1. The van der Waals surface area contributed by atoms with Gasteiger partial charge in [0.25, 0.3) is 0 Å². The van der Waals surface area contributed by atoms with E-state index in [4.69, 9.17) is 19.8 Å². The molecule has 16 heteroatoms. The van der Waals surface area contributed by atoms with Crippen molar-refractivity contribution in [2.45, 2.75) is 39.3 Å². The maximum atomic E-state index is 11.7. The van der Waals surface area contributed by atoms with Crippen LogP contribution in [0, 0.1) is 0 Å². The van der Waals surface area contributed by atoms with Gasteiger partial charge in [-0.25, -0.2) is 24.1 Å². The standard InChI is InChI=1S/C23H25N5O8P2S/c1-2-3-4-20-27-21-22(17-9-14(11-25-13-39)5-7-18(17)26-23(21)24)28(20)12-15-10-16(35-37(29,30)31)6-8-19(15)36-38(32,33)34/h5-10H,2-4,11-12H2,1H3,(H2,24,26)(H2,29,30,31)(H2,32,33,34). The minimum Gasteiger partial charge on any atom is -0.404 e. The molecule has 4 rings (SSSR count). The van der Waals surface area contributed by atoms with Gasteiger partial charge in [-0.2, -0.15) is 0 Å². The number of hydrogen-bond acceptors (Lipinski definition) is 9. The van der Waals surface area contributed by atoms with Crippen LogP contribution in [0.5, 0.6) is 11.5 Å². The fraction of sp³-hybridized carbons (Fsp3) is 0.261. The highest BCUT2D eigenvalue weighted by molar-refractivity contribution is 7.78. The van der Waals surface area contributed by atoms with Crippen LogP contribution >= 0.6 is 27.9 Å². The van der Waals surface area contributed by atoms with Gasteiger partial charge in [-0.05, 0) is 54.5 Å². The van der Waals surface area contributed by atoms with Crippen LogP contribution in [-0.2, 0) is 28.6 Å². The zero-order valence-corrected chi connectivity index (χ0v) is 23.2. The number of benzene rings is 2. The first-order chi connectivity index (χ1) is 18.4. The van der Waals surface area contributed by atoms with Gasteiger partial charge in [0.2, 0.25) is 0 Å². The topological polar surface area (TPSA) is 203 Å². The number of thiocarbonyl (C=S) groups is 1. The summed E-state index contributed by atoms with van der Waals surface area (Å²) < 4.78 is 34.5. The Morgan fingerprint density at radius 2 is 1.82 bits per heavy atom. The number of imidazole rings is 1. The van der Waals surface area contributed by atoms with Crippen LogP contribution in [0.1, 0.15) is 36.7 Å². The van der Waals surface area contributed by atoms with Gasteiger partial charge in [-0.15, -0.1) is 0 Å². The van der Waals surface area contributed by atoms with E-state index in [1.54, 1.807) is 6.07 Å². The number of anilines is 1. The molecule has 0 saturated heterocycles. The van der Waals surface area contributed by atoms with Crippen molar-refractivity contribution in [2.24, 2.45) is 4.99 Å². The van der Waals surface area contributed by atoms with Crippen molar-refractivity contribution in [3.63, 3.8) is 0 Å². The Bertz CT molecular complexity index is 1690. The third-order valence-electron chi connectivity index (χ3n) is 5.73. The molecule has 0 fully saturated rings. The Morgan fingerprint density at radius 3 is 2.49 bits per heavy atom. The lowest BCUT2D eigenvalue weighted by atomic mass is 10.1. The number of aliphatic imine (C=N–C) groups is 1. The molecule has 0 aliphatic rings. The molecule has 206 valence electrons. The van der Waals surface area contributed by atoms with Crippen molar-refractivity contribution in [3.8, 4) is 11.5 Å². The van der Waals surface area contributed by atoms with Crippen LogP contribution in [0.25, 0.3) is 21.9 Å². The minimum atomic E-state index is -4.98. The fourth-order valence-corrected chi connectivity index (χ4v) is 5.07. The van der Waals surface area contributed by atoms with E-state index in [2.05, 4.69) is 27.4 Å². The molecule has 0 aliphatic carbocycles. The summed E-state index contributed by atoms with van der Waals surface area (Å²) >= 11 is 4.69. The molecule has 0 atom stereocenters. The van der Waals surface area contributed by atoms with Crippen LogP contribution in [0.4, 0.5) is 5.82 Å². The number of rotatable bonds is 11. The van der Waals surface area contributed by atoms with Crippen molar-refractivity contribution in [1.82, 2.24) is 14.5 Å². The summed E-state index contributed by atoms with van der Waals surface area (Å²) in [5.74, 6) is 0.400. The predicted molar refractivity (Wildman–Crippen MR) is 148 cm³/mol. The molecule has 2 heterocycles. The van der Waals surface area contributed by atoms with Crippen molar-refractivity contribution in [3.05, 3.63) is 53.3 Å². The Kier molecular flexibility index (Phi) is 8.51. The molecular weight excluding hydrogens is 568 g/mol. The third kappa shape index (κ3) is 7.07. The zero-order valence-electron chi connectivity index (χ0n) is 20.6. The number of aromatic nitrogens is 3. The largest absolute Gasteiger partial charge is 0.524 e. The molecule has 6 N–H and O–H groups in total. The van der Waals surface area contributed by atoms with Gasteiger partial charge < -0.3 is 19.3 Å². The number of phosphoric acid groups is 2. The lowest BCUT2D eigenvalue weighted by Crippen LogP contribution is -2.08. The van der Waals surface area contributed by atoms with Crippen molar-refractivity contribution in [2.75, 3.05) is 5.73 Å². The first kappa shape index (κ1) is 28.8. The predicted octanol–water partition coefficient (Wildman–Crippen LogP) is 4.10. The third-order valence-corrected chi connectivity index (χ3v) is 6.74. The summed E-state index contributed by atoms with van der Waals surface area (Å²) in [6, 6.07) is 9.05. The monoisotopic (exact) mass is 593 g/mol. The van der Waals surface area contributed by atoms with Crippen LogP contribution in [0.3, 0.4) is 0 Å². The van der Waals surface area contributed by atoms with Gasteiger partial charge in [0.05, 0.1) is 29.3 Å². The smallest absolute Gasteiger partial charge is 0.404 e. The molecule has 2 aromatic carbocycles. The lowest BCUT2D eigenvalue weighted by molar-refractivity contribution is 0.277. The van der Waals surface area contributed by atoms with E-state index < -0.39 is 15.6 Å². The first-order valence-corrected chi connectivity index (χ1v) is 15.1. The van der Waals surface area contributed by atoms with Gasteiger partial charge in [0.15, 0.2) is 5.82 Å². The van der Waals surface area contributed by atoms with E-state index >= 15 is 0 Å². The fourth-order valence-electron chi connectivity index (χ4n) is 4.18. The number of aryl methyl sites for hydroxylation is 1. The second-order valence-electron chi connectivity index (χ2n) is 8.60. The molecule has 0 radical (unpaired) electrons. The van der Waals surface area contributed by atoms with Crippen molar-refractivity contribution >= 4 is 60.8 Å². The van der Waals surface area contributed by atoms with Crippen LogP contribution in [0.2, 0.25) is 0 Å². The summed E-state index contributed by atoms with van der Waals surface area (Å²) in [6.45, 7) is 2.27. The molecule has 39 heavy (non-hydrogen) atoms. The average Bonchev–Trinajstić information content (AvgIpc) is 3.20. The van der Waals surface area contributed by atoms with E-state index in [0.717, 1.165) is 24.5 Å². The van der Waals surface area contributed by atoms with Crippen LogP contribution in [-0.4, -0.2) is 39.3 Å². The summed E-state index contributed by atoms with van der Waals surface area (Å²) in [5.41, 5.74) is 8.92. The first-order valence-electron chi connectivity index (χ1n) is 11.6. The molecule has 0 unspecified atom stereocenters. The SMILES string of the molecule is CCCCc1nc2c(N)nc3ccc(CN=C=S)cc3c2n1Cc1cc(OP(=O)(O)O)ccc1OP(=O)(O)O. The lowest BCUT2D eigenvalue weighted by Gasteiger charge is -2.17. The van der Waals surface area contributed by atoms with E-state index in [0.29, 0.717) is 40.7 Å². The second kappa shape index (κ2) is 11.5. The molecule has 4 aromatic rings. The van der Waals surface area contributed by atoms with E-state index in [9.17, 15) is 28.7 Å². The van der Waals surface area contributed by atoms with E-state index in [1.807, 2.05) is 23.6 Å². The van der Waals surface area contributed by atoms with Crippen LogP contribution < -0.4 is 14.8 Å². The van der Waals surface area contributed by atoms with Gasteiger partial charge in [0.1, 0.15) is 22.8 Å². The van der Waals surface area contributed by atoms with E-state index in [-0.39, 0.29) is 29.4 Å². The molecule has 0 amide bonds. The van der Waals surface area contributed by atoms with Gasteiger partial charge >= 0.3 is 15.6 Å². The summed E-state index contributed by atoms with van der Waals surface area (Å²) in [6.07, 6.45) is 2.21. The number of unbranched alkanes of at least 4 members (excludes halogenated alkanes) is 1. The molecule has 0 aliphatic heterocycles.